The fourth-order valence-electron chi connectivity index (χ4n) is 3.41. The number of hydrogen-bond donors (Lipinski definition) is 1. The van der Waals surface area contributed by atoms with E-state index in [2.05, 4.69) is 0 Å². The first-order chi connectivity index (χ1) is 17.7. The smallest absolute Gasteiger partial charge is 0.350 e. The van der Waals surface area contributed by atoms with Crippen LogP contribution in [-0.2, 0) is 11.0 Å². The molecule has 2 rings (SSSR count). The van der Waals surface area contributed by atoms with Crippen molar-refractivity contribution in [1.82, 2.24) is 5.32 Å². The van der Waals surface area contributed by atoms with Gasteiger partial charge in [0, 0.05) is 24.8 Å². The number of carbonyl (C=O) groups is 2. The van der Waals surface area contributed by atoms with Gasteiger partial charge in [-0.05, 0) is 29.3 Å². The minimum atomic E-state index is -5.08. The van der Waals surface area contributed by atoms with Gasteiger partial charge in [-0.25, -0.2) is 8.78 Å². The van der Waals surface area contributed by atoms with Crippen LogP contribution in [0, 0.1) is 5.92 Å². The number of alkyl halides is 8. The van der Waals surface area contributed by atoms with Crippen molar-refractivity contribution in [2.45, 2.75) is 44.5 Å². The molecule has 0 spiro atoms. The van der Waals surface area contributed by atoms with E-state index in [1.807, 2.05) is 5.32 Å². The predicted octanol–water partition coefficient (Wildman–Crippen LogP) is 9.01. The molecule has 1 unspecified atom stereocenters. The molecular formula is C25H20Cl3F8NO2. The van der Waals surface area contributed by atoms with E-state index in [0.29, 0.717) is 19.1 Å². The van der Waals surface area contributed by atoms with E-state index < -0.39 is 71.5 Å². The van der Waals surface area contributed by atoms with Gasteiger partial charge in [-0.1, -0.05) is 66.0 Å². The molecule has 39 heavy (non-hydrogen) atoms. The second kappa shape index (κ2) is 12.4. The highest BCUT2D eigenvalue weighted by atomic mass is 35.5. The Labute approximate surface area is 233 Å². The third-order valence-electron chi connectivity index (χ3n) is 5.36. The number of allylic oxidation sites excluding steroid dienone is 1. The molecule has 0 saturated carbocycles. The van der Waals surface area contributed by atoms with E-state index >= 15 is 0 Å². The summed E-state index contributed by atoms with van der Waals surface area (Å²) in [5, 5.41) is 1.23. The molecule has 1 N–H and O–H groups in total. The fourth-order valence-corrected chi connectivity index (χ4v) is 4.02. The average Bonchev–Trinajstić information content (AvgIpc) is 2.78. The highest BCUT2D eigenvalue weighted by Crippen LogP contribution is 2.41. The minimum Gasteiger partial charge on any atom is -0.350 e. The van der Waals surface area contributed by atoms with Crippen molar-refractivity contribution in [3.8, 4) is 0 Å². The number of amides is 1. The van der Waals surface area contributed by atoms with Gasteiger partial charge in [-0.2, -0.15) is 26.3 Å². The zero-order chi connectivity index (χ0) is 29.9. The van der Waals surface area contributed by atoms with Gasteiger partial charge in [0.05, 0.1) is 33.1 Å². The Morgan fingerprint density at radius 2 is 1.51 bits per heavy atom. The first-order valence-electron chi connectivity index (χ1n) is 11.0. The summed E-state index contributed by atoms with van der Waals surface area (Å²) in [6, 6.07) is 4.12. The first-order valence-corrected chi connectivity index (χ1v) is 12.1. The molecule has 0 aliphatic heterocycles. The molecule has 214 valence electrons. The molecular weight excluding hydrogens is 605 g/mol. The lowest BCUT2D eigenvalue weighted by Gasteiger charge is -2.19. The summed E-state index contributed by atoms with van der Waals surface area (Å²) in [5.74, 6) is -8.84. The maximum Gasteiger partial charge on any atom is 0.417 e. The summed E-state index contributed by atoms with van der Waals surface area (Å²) >= 11 is 17.4. The molecule has 0 heterocycles. The molecule has 0 aliphatic rings. The Morgan fingerprint density at radius 3 is 2.00 bits per heavy atom. The Kier molecular flexibility index (Phi) is 10.5. The standard InChI is InChI=1S/C25H20Cl3F8NO2/c1-12(22(39)37-11-23(2,29)30)7-20(38)15-5-3-13(8-17(15)25(34,35)36)4-6-16(24(31,32)33)14-9-18(26)21(28)19(27)10-14/h3-6,8-10,12,16H,7,11H2,1-2H3,(H,37,39)/b6-4-/t12-,16?/m0/s1. The lowest BCUT2D eigenvalue weighted by Crippen LogP contribution is -2.38. The number of ketones is 1. The fraction of sp³-hybridized carbons (Fsp3) is 0.360. The van der Waals surface area contributed by atoms with E-state index in [9.17, 15) is 44.7 Å². The molecule has 2 atom stereocenters. The number of hydrogen-bond acceptors (Lipinski definition) is 2. The van der Waals surface area contributed by atoms with Crippen molar-refractivity contribution >= 4 is 52.6 Å². The highest BCUT2D eigenvalue weighted by Gasteiger charge is 2.40. The van der Waals surface area contributed by atoms with Gasteiger partial charge in [-0.3, -0.25) is 9.59 Å². The van der Waals surface area contributed by atoms with Crippen LogP contribution in [0.4, 0.5) is 35.1 Å². The SMILES string of the molecule is C[C@@H](CC(=O)c1ccc(/C=C\C(c2cc(Cl)c(Cl)c(Cl)c2)C(F)(F)F)cc1C(F)(F)F)C(=O)NCC(C)(F)F. The molecule has 3 nitrogen and oxygen atoms in total. The van der Waals surface area contributed by atoms with Crippen LogP contribution in [0.5, 0.6) is 0 Å². The minimum absolute atomic E-state index is 0.169. The normalized spacial score (nSPS) is 14.4. The summed E-state index contributed by atoms with van der Waals surface area (Å²) in [4.78, 5) is 24.5. The molecule has 0 fully saturated rings. The predicted molar refractivity (Wildman–Crippen MR) is 132 cm³/mol. The Bertz CT molecular complexity index is 1230. The third kappa shape index (κ3) is 9.36. The van der Waals surface area contributed by atoms with Crippen LogP contribution >= 0.6 is 34.8 Å². The summed E-state index contributed by atoms with van der Waals surface area (Å²) in [7, 11) is 0. The molecule has 1 amide bonds. The number of nitrogens with one attached hydrogen (secondary N) is 1. The van der Waals surface area contributed by atoms with Crippen LogP contribution < -0.4 is 5.32 Å². The molecule has 14 heteroatoms. The zero-order valence-electron chi connectivity index (χ0n) is 20.1. The lowest BCUT2D eigenvalue weighted by molar-refractivity contribution is -0.139. The van der Waals surface area contributed by atoms with Crippen LogP contribution in [0.25, 0.3) is 6.08 Å². The van der Waals surface area contributed by atoms with E-state index in [1.54, 1.807) is 0 Å². The maximum atomic E-state index is 13.8. The van der Waals surface area contributed by atoms with Gasteiger partial charge in [0.1, 0.15) is 0 Å². The van der Waals surface area contributed by atoms with Gasteiger partial charge in [0.2, 0.25) is 5.91 Å². The average molecular weight is 625 g/mol. The van der Waals surface area contributed by atoms with Crippen molar-refractivity contribution in [3.63, 3.8) is 0 Å². The third-order valence-corrected chi connectivity index (χ3v) is 6.56. The van der Waals surface area contributed by atoms with Gasteiger partial charge in [0.15, 0.2) is 5.78 Å². The molecule has 2 aromatic carbocycles. The monoisotopic (exact) mass is 623 g/mol. The first kappa shape index (κ1) is 32.8. The Morgan fingerprint density at radius 1 is 0.949 bits per heavy atom. The maximum absolute atomic E-state index is 13.8. The van der Waals surface area contributed by atoms with Crippen molar-refractivity contribution in [3.05, 3.63) is 73.7 Å². The molecule has 0 radical (unpaired) electrons. The quantitative estimate of drug-likeness (QED) is 0.172. The summed E-state index contributed by atoms with van der Waals surface area (Å²) in [6.45, 7) is 0.704. The van der Waals surface area contributed by atoms with Gasteiger partial charge < -0.3 is 5.32 Å². The molecule has 0 bridgehead atoms. The molecule has 0 aromatic heterocycles. The lowest BCUT2D eigenvalue weighted by atomic mass is 9.93. The van der Waals surface area contributed by atoms with Gasteiger partial charge >= 0.3 is 12.4 Å². The molecule has 0 aliphatic carbocycles. The number of halogens is 11. The van der Waals surface area contributed by atoms with Crippen molar-refractivity contribution in [2.75, 3.05) is 6.54 Å². The molecule has 2 aromatic rings. The van der Waals surface area contributed by atoms with E-state index in [-0.39, 0.29) is 20.6 Å². The van der Waals surface area contributed by atoms with E-state index in [0.717, 1.165) is 30.3 Å². The largest absolute Gasteiger partial charge is 0.417 e. The zero-order valence-corrected chi connectivity index (χ0v) is 22.4. The van der Waals surface area contributed by atoms with Crippen molar-refractivity contribution in [2.24, 2.45) is 5.92 Å². The van der Waals surface area contributed by atoms with Crippen LogP contribution in [0.3, 0.4) is 0 Å². The summed E-state index contributed by atoms with van der Waals surface area (Å²) in [6.07, 6.45) is -9.29. The second-order valence-corrected chi connectivity index (χ2v) is 9.99. The number of Topliss-reactive ketones (excluding diaryl/α,β-unsaturated/α-hetero) is 1. The van der Waals surface area contributed by atoms with Crippen molar-refractivity contribution < 1.29 is 44.7 Å². The van der Waals surface area contributed by atoms with Crippen LogP contribution in [0.15, 0.2) is 36.4 Å². The van der Waals surface area contributed by atoms with E-state index in [4.69, 9.17) is 34.8 Å². The summed E-state index contributed by atoms with van der Waals surface area (Å²) < 4.78 is 108. The van der Waals surface area contributed by atoms with Crippen molar-refractivity contribution in [1.29, 1.82) is 0 Å². The highest BCUT2D eigenvalue weighted by molar-refractivity contribution is 6.48. The van der Waals surface area contributed by atoms with E-state index in [1.165, 1.54) is 6.92 Å². The number of benzene rings is 2. The van der Waals surface area contributed by atoms with Gasteiger partial charge in [0.25, 0.3) is 5.92 Å². The number of carbonyl (C=O) groups excluding carboxylic acids is 2. The van der Waals surface area contributed by atoms with Crippen LogP contribution in [0.2, 0.25) is 15.1 Å². The number of rotatable bonds is 9. The van der Waals surface area contributed by atoms with Crippen LogP contribution in [0.1, 0.15) is 53.2 Å². The second-order valence-electron chi connectivity index (χ2n) is 8.80. The Balaban J connectivity index is 2.37. The van der Waals surface area contributed by atoms with Gasteiger partial charge in [-0.15, -0.1) is 0 Å². The topological polar surface area (TPSA) is 46.2 Å². The molecule has 0 saturated heterocycles. The Hall–Kier alpha value is -2.37. The van der Waals surface area contributed by atoms with Crippen LogP contribution in [-0.4, -0.2) is 30.3 Å². The summed E-state index contributed by atoms with van der Waals surface area (Å²) in [5.41, 5.74) is -2.99.